The number of aromatic nitrogens is 3. The molecule has 2 aromatic rings. The number of rotatable bonds is 10. The van der Waals surface area contributed by atoms with Gasteiger partial charge in [0.25, 0.3) is 5.91 Å². The second-order valence-corrected chi connectivity index (χ2v) is 7.60. The predicted octanol–water partition coefficient (Wildman–Crippen LogP) is 3.25. The smallest absolute Gasteiger partial charge is 0.257 e. The van der Waals surface area contributed by atoms with Crippen LogP contribution in [0.3, 0.4) is 0 Å². The van der Waals surface area contributed by atoms with Gasteiger partial charge in [-0.1, -0.05) is 24.6 Å². The molecule has 0 atom stereocenters. The molecule has 1 aliphatic rings. The number of benzene rings is 1. The molecule has 1 aromatic carbocycles. The van der Waals surface area contributed by atoms with Gasteiger partial charge in [-0.05, 0) is 49.8 Å². The van der Waals surface area contributed by atoms with Crippen molar-refractivity contribution in [2.75, 3.05) is 26.5 Å². The Hall–Kier alpha value is -2.22. The van der Waals surface area contributed by atoms with Crippen molar-refractivity contribution in [1.29, 1.82) is 0 Å². The van der Waals surface area contributed by atoms with Crippen molar-refractivity contribution >= 4 is 17.7 Å². The molecule has 1 aliphatic carbocycles. The lowest BCUT2D eigenvalue weighted by Gasteiger charge is -2.16. The Morgan fingerprint density at radius 2 is 1.93 bits per heavy atom. The maximum absolute atomic E-state index is 12.0. The van der Waals surface area contributed by atoms with Crippen molar-refractivity contribution in [3.8, 4) is 11.5 Å². The first-order valence-electron chi connectivity index (χ1n) is 9.72. The van der Waals surface area contributed by atoms with E-state index in [2.05, 4.69) is 20.1 Å². The molecule has 0 bridgehead atoms. The third-order valence-corrected chi connectivity index (χ3v) is 5.58. The average molecular weight is 405 g/mol. The van der Waals surface area contributed by atoms with Gasteiger partial charge in [-0.25, -0.2) is 0 Å². The summed E-state index contributed by atoms with van der Waals surface area (Å²) in [7, 11) is 1.61. The fourth-order valence-electron chi connectivity index (χ4n) is 3.49. The van der Waals surface area contributed by atoms with E-state index in [0.29, 0.717) is 18.3 Å². The summed E-state index contributed by atoms with van der Waals surface area (Å²) in [6.45, 7) is 0.595. The number of carbonyl (C=O) groups is 1. The number of ether oxygens (including phenoxy) is 2. The zero-order chi connectivity index (χ0) is 19.8. The number of nitrogens with one attached hydrogen (secondary N) is 1. The fraction of sp³-hybridized carbons (Fsp3) is 0.550. The van der Waals surface area contributed by atoms with Crippen molar-refractivity contribution in [3.05, 3.63) is 30.1 Å². The summed E-state index contributed by atoms with van der Waals surface area (Å²) in [6.07, 6.45) is 8.65. The highest BCUT2D eigenvalue weighted by Crippen LogP contribution is 2.33. The van der Waals surface area contributed by atoms with Gasteiger partial charge in [0, 0.05) is 19.0 Å². The van der Waals surface area contributed by atoms with E-state index in [-0.39, 0.29) is 12.5 Å². The number of carbonyl (C=O) groups excluding carboxylic acids is 1. The third kappa shape index (κ3) is 5.41. The molecule has 1 N–H and O–H groups in total. The molecular weight excluding hydrogens is 376 g/mol. The molecule has 28 heavy (non-hydrogen) atoms. The van der Waals surface area contributed by atoms with Crippen LogP contribution < -0.4 is 14.8 Å². The number of aryl methyl sites for hydroxylation is 1. The van der Waals surface area contributed by atoms with Crippen molar-refractivity contribution in [3.63, 3.8) is 0 Å². The second-order valence-electron chi connectivity index (χ2n) is 6.83. The van der Waals surface area contributed by atoms with Crippen LogP contribution in [0.2, 0.25) is 0 Å². The molecule has 8 heteroatoms. The predicted molar refractivity (Wildman–Crippen MR) is 109 cm³/mol. The van der Waals surface area contributed by atoms with Crippen LogP contribution in [0.4, 0.5) is 0 Å². The molecule has 1 aromatic heterocycles. The molecule has 1 saturated carbocycles. The Kier molecular flexibility index (Phi) is 7.59. The molecule has 0 unspecified atom stereocenters. The van der Waals surface area contributed by atoms with Gasteiger partial charge in [-0.3, -0.25) is 4.79 Å². The zero-order valence-corrected chi connectivity index (χ0v) is 17.3. The molecule has 1 fully saturated rings. The van der Waals surface area contributed by atoms with E-state index in [0.717, 1.165) is 29.6 Å². The Bertz CT molecular complexity index is 757. The first-order chi connectivity index (χ1) is 13.7. The molecule has 0 spiro atoms. The van der Waals surface area contributed by atoms with E-state index in [1.165, 1.54) is 25.7 Å². The number of nitrogens with zero attached hydrogens (tertiary/aromatic N) is 3. The van der Waals surface area contributed by atoms with Crippen LogP contribution in [0.15, 0.2) is 29.4 Å². The monoisotopic (exact) mass is 404 g/mol. The number of methoxy groups -OCH3 is 1. The normalized spacial score (nSPS) is 14.2. The summed E-state index contributed by atoms with van der Waals surface area (Å²) in [5.41, 5.74) is 0. The van der Waals surface area contributed by atoms with E-state index in [4.69, 9.17) is 9.47 Å². The summed E-state index contributed by atoms with van der Waals surface area (Å²) >= 11 is 1.65. The lowest BCUT2D eigenvalue weighted by Crippen LogP contribution is -2.30. The van der Waals surface area contributed by atoms with Crippen molar-refractivity contribution < 1.29 is 14.3 Å². The van der Waals surface area contributed by atoms with Gasteiger partial charge in [-0.15, -0.1) is 10.2 Å². The summed E-state index contributed by atoms with van der Waals surface area (Å²) in [5, 5.41) is 12.6. The van der Waals surface area contributed by atoms with Crippen LogP contribution in [0, 0.1) is 0 Å². The van der Waals surface area contributed by atoms with Crippen LogP contribution in [-0.2, 0) is 11.2 Å². The summed E-state index contributed by atoms with van der Waals surface area (Å²) < 4.78 is 12.9. The first-order valence-corrected chi connectivity index (χ1v) is 10.9. The van der Waals surface area contributed by atoms with E-state index in [1.807, 2.05) is 6.26 Å². The van der Waals surface area contributed by atoms with Gasteiger partial charge in [-0.2, -0.15) is 0 Å². The number of amides is 1. The van der Waals surface area contributed by atoms with Crippen LogP contribution in [0.25, 0.3) is 0 Å². The Morgan fingerprint density at radius 1 is 1.21 bits per heavy atom. The molecular formula is C20H28N4O3S. The Labute approximate surface area is 170 Å². The van der Waals surface area contributed by atoms with Crippen LogP contribution in [0.1, 0.15) is 44.0 Å². The van der Waals surface area contributed by atoms with Crippen LogP contribution in [0.5, 0.6) is 11.5 Å². The standard InChI is InChI=1S/C20H28N4O3S/c1-26-16-9-11-17(12-10-16)27-14-19(25)21-13-5-8-18-22-23-20(28-2)24(18)15-6-3-4-7-15/h9-12,15H,3-8,13-14H2,1-2H3,(H,21,25). The van der Waals surface area contributed by atoms with Gasteiger partial charge >= 0.3 is 0 Å². The first kappa shape index (κ1) is 20.5. The van der Waals surface area contributed by atoms with Crippen molar-refractivity contribution in [2.45, 2.75) is 49.7 Å². The largest absolute Gasteiger partial charge is 0.497 e. The molecule has 1 heterocycles. The van der Waals surface area contributed by atoms with E-state index < -0.39 is 0 Å². The van der Waals surface area contributed by atoms with E-state index >= 15 is 0 Å². The summed E-state index contributed by atoms with van der Waals surface area (Å²) in [6, 6.07) is 7.70. The third-order valence-electron chi connectivity index (χ3n) is 4.94. The van der Waals surface area contributed by atoms with E-state index in [9.17, 15) is 4.79 Å². The second kappa shape index (κ2) is 10.4. The average Bonchev–Trinajstić information content (AvgIpc) is 3.39. The molecule has 0 radical (unpaired) electrons. The highest BCUT2D eigenvalue weighted by Gasteiger charge is 2.23. The summed E-state index contributed by atoms with van der Waals surface area (Å²) in [4.78, 5) is 12.0. The Balaban J connectivity index is 1.40. The quantitative estimate of drug-likeness (QED) is 0.484. The molecule has 3 rings (SSSR count). The minimum Gasteiger partial charge on any atom is -0.497 e. The highest BCUT2D eigenvalue weighted by molar-refractivity contribution is 7.98. The van der Waals surface area contributed by atoms with Crippen LogP contribution in [-0.4, -0.2) is 47.2 Å². The van der Waals surface area contributed by atoms with Gasteiger partial charge in [0.2, 0.25) is 0 Å². The Morgan fingerprint density at radius 3 is 2.61 bits per heavy atom. The molecule has 152 valence electrons. The van der Waals surface area contributed by atoms with Gasteiger partial charge in [0.15, 0.2) is 11.8 Å². The maximum atomic E-state index is 12.0. The maximum Gasteiger partial charge on any atom is 0.257 e. The molecule has 7 nitrogen and oxygen atoms in total. The zero-order valence-electron chi connectivity index (χ0n) is 16.5. The minimum atomic E-state index is -0.127. The topological polar surface area (TPSA) is 78.3 Å². The lowest BCUT2D eigenvalue weighted by molar-refractivity contribution is -0.123. The number of thioether (sulfide) groups is 1. The van der Waals surface area contributed by atoms with Crippen molar-refractivity contribution in [1.82, 2.24) is 20.1 Å². The number of hydrogen-bond acceptors (Lipinski definition) is 6. The van der Waals surface area contributed by atoms with Gasteiger partial charge in [0.1, 0.15) is 17.3 Å². The van der Waals surface area contributed by atoms with Crippen molar-refractivity contribution in [2.24, 2.45) is 0 Å². The molecule has 0 saturated heterocycles. The van der Waals surface area contributed by atoms with Gasteiger partial charge < -0.3 is 19.4 Å². The lowest BCUT2D eigenvalue weighted by atomic mass is 10.2. The van der Waals surface area contributed by atoms with E-state index in [1.54, 1.807) is 43.1 Å². The SMILES string of the molecule is COc1ccc(OCC(=O)NCCCc2nnc(SC)n2C2CCCC2)cc1. The highest BCUT2D eigenvalue weighted by atomic mass is 32.2. The minimum absolute atomic E-state index is 0.00120. The van der Waals surface area contributed by atoms with Gasteiger partial charge in [0.05, 0.1) is 7.11 Å². The molecule has 0 aliphatic heterocycles. The van der Waals surface area contributed by atoms with Crippen LogP contribution >= 0.6 is 11.8 Å². The molecule has 1 amide bonds. The fourth-order valence-corrected chi connectivity index (χ4v) is 4.07. The summed E-state index contributed by atoms with van der Waals surface area (Å²) in [5.74, 6) is 2.30. The number of hydrogen-bond donors (Lipinski definition) is 1.